The number of ether oxygens (including phenoxy) is 2. The van der Waals surface area contributed by atoms with E-state index in [4.69, 9.17) is 9.47 Å². The van der Waals surface area contributed by atoms with Crippen molar-refractivity contribution in [2.24, 2.45) is 5.92 Å². The molecular weight excluding hydrogens is 292 g/mol. The molecule has 5 heteroatoms. The first-order chi connectivity index (χ1) is 11.3. The first-order valence-electron chi connectivity index (χ1n) is 9.57. The number of rotatable bonds is 5. The lowest BCUT2D eigenvalue weighted by atomic mass is 9.88. The van der Waals surface area contributed by atoms with Gasteiger partial charge in [0.05, 0.1) is 6.61 Å². The second kappa shape index (κ2) is 9.00. The van der Waals surface area contributed by atoms with Crippen molar-refractivity contribution in [1.29, 1.82) is 0 Å². The topological polar surface area (TPSA) is 42.0 Å². The van der Waals surface area contributed by atoms with Crippen LogP contribution in [-0.4, -0.2) is 67.9 Å². The maximum atomic E-state index is 12.5. The fourth-order valence-electron chi connectivity index (χ4n) is 3.96. The van der Waals surface area contributed by atoms with Crippen LogP contribution in [0.2, 0.25) is 0 Å². The standard InChI is InChI=1S/C18H32N2O3/c21-18(16-6-2-1-3-7-16)20-11-9-19(10-12-20)13-15-23-17-8-4-5-14-22-17/h16-17H,1-15H2/t17-/m0/s1. The summed E-state index contributed by atoms with van der Waals surface area (Å²) >= 11 is 0. The fraction of sp³-hybridized carbons (Fsp3) is 0.944. The third-order valence-corrected chi connectivity index (χ3v) is 5.49. The summed E-state index contributed by atoms with van der Waals surface area (Å²) in [4.78, 5) is 17.1. The Labute approximate surface area is 140 Å². The molecule has 3 fully saturated rings. The first-order valence-corrected chi connectivity index (χ1v) is 9.57. The highest BCUT2D eigenvalue weighted by Crippen LogP contribution is 2.25. The number of nitrogens with zero attached hydrogens (tertiary/aromatic N) is 2. The maximum Gasteiger partial charge on any atom is 0.225 e. The van der Waals surface area contributed by atoms with Gasteiger partial charge in [-0.05, 0) is 32.1 Å². The van der Waals surface area contributed by atoms with Crippen LogP contribution in [0.5, 0.6) is 0 Å². The molecule has 0 aromatic carbocycles. The summed E-state index contributed by atoms with van der Waals surface area (Å²) in [7, 11) is 0. The number of carbonyl (C=O) groups is 1. The van der Waals surface area contributed by atoms with Gasteiger partial charge >= 0.3 is 0 Å². The number of carbonyl (C=O) groups excluding carboxylic acids is 1. The van der Waals surface area contributed by atoms with Gasteiger partial charge in [0, 0.05) is 45.2 Å². The van der Waals surface area contributed by atoms with Crippen molar-refractivity contribution in [3.8, 4) is 0 Å². The highest BCUT2D eigenvalue weighted by atomic mass is 16.7. The molecule has 0 aromatic rings. The largest absolute Gasteiger partial charge is 0.353 e. The van der Waals surface area contributed by atoms with Gasteiger partial charge in [0.25, 0.3) is 0 Å². The third kappa shape index (κ3) is 5.16. The average Bonchev–Trinajstić information content (AvgIpc) is 2.63. The molecule has 2 aliphatic heterocycles. The lowest BCUT2D eigenvalue weighted by molar-refractivity contribution is -0.164. The van der Waals surface area contributed by atoms with E-state index in [0.717, 1.165) is 71.6 Å². The molecule has 1 amide bonds. The summed E-state index contributed by atoms with van der Waals surface area (Å²) in [5.74, 6) is 0.721. The zero-order valence-corrected chi connectivity index (χ0v) is 14.4. The molecule has 3 aliphatic rings. The molecule has 0 bridgehead atoms. The fourth-order valence-corrected chi connectivity index (χ4v) is 3.96. The minimum absolute atomic E-state index is 0.0120. The second-order valence-electron chi connectivity index (χ2n) is 7.17. The first kappa shape index (κ1) is 17.2. The van der Waals surface area contributed by atoms with E-state index in [-0.39, 0.29) is 6.29 Å². The van der Waals surface area contributed by atoms with Crippen LogP contribution in [0.4, 0.5) is 0 Å². The van der Waals surface area contributed by atoms with Crippen LogP contribution in [0.1, 0.15) is 51.4 Å². The van der Waals surface area contributed by atoms with E-state index in [0.29, 0.717) is 11.8 Å². The average molecular weight is 324 g/mol. The molecule has 0 spiro atoms. The Bertz CT molecular complexity index is 357. The van der Waals surface area contributed by atoms with Gasteiger partial charge in [0.15, 0.2) is 6.29 Å². The molecule has 0 aromatic heterocycles. The molecule has 1 aliphatic carbocycles. The Kier molecular flexibility index (Phi) is 6.72. The van der Waals surface area contributed by atoms with E-state index < -0.39 is 0 Å². The summed E-state index contributed by atoms with van der Waals surface area (Å²) in [5, 5.41) is 0. The van der Waals surface area contributed by atoms with Gasteiger partial charge in [-0.15, -0.1) is 0 Å². The van der Waals surface area contributed by atoms with E-state index in [1.54, 1.807) is 0 Å². The normalized spacial score (nSPS) is 28.0. The van der Waals surface area contributed by atoms with Gasteiger partial charge in [-0.2, -0.15) is 0 Å². The van der Waals surface area contributed by atoms with E-state index in [1.165, 1.54) is 25.7 Å². The van der Waals surface area contributed by atoms with Crippen LogP contribution in [0.25, 0.3) is 0 Å². The molecule has 2 heterocycles. The van der Waals surface area contributed by atoms with Crippen LogP contribution >= 0.6 is 0 Å². The Balaban J connectivity index is 1.31. The second-order valence-corrected chi connectivity index (χ2v) is 7.17. The lowest BCUT2D eigenvalue weighted by Gasteiger charge is -2.37. The van der Waals surface area contributed by atoms with Gasteiger partial charge in [-0.1, -0.05) is 19.3 Å². The predicted molar refractivity (Wildman–Crippen MR) is 89.1 cm³/mol. The highest BCUT2D eigenvalue weighted by molar-refractivity contribution is 5.79. The van der Waals surface area contributed by atoms with Crippen LogP contribution < -0.4 is 0 Å². The van der Waals surface area contributed by atoms with Crippen LogP contribution in [-0.2, 0) is 14.3 Å². The Morgan fingerprint density at radius 3 is 2.39 bits per heavy atom. The summed E-state index contributed by atoms with van der Waals surface area (Å²) in [5.41, 5.74) is 0. The Morgan fingerprint density at radius 1 is 0.957 bits per heavy atom. The van der Waals surface area contributed by atoms with Crippen LogP contribution in [0.15, 0.2) is 0 Å². The summed E-state index contributed by atoms with van der Waals surface area (Å²) in [6, 6.07) is 0. The van der Waals surface area contributed by atoms with Crippen molar-refractivity contribution in [2.75, 3.05) is 45.9 Å². The van der Waals surface area contributed by atoms with E-state index >= 15 is 0 Å². The van der Waals surface area contributed by atoms with Gasteiger partial charge in [-0.25, -0.2) is 0 Å². The van der Waals surface area contributed by atoms with Gasteiger partial charge in [-0.3, -0.25) is 9.69 Å². The smallest absolute Gasteiger partial charge is 0.225 e. The van der Waals surface area contributed by atoms with E-state index in [2.05, 4.69) is 9.80 Å². The predicted octanol–water partition coefficient (Wildman–Crippen LogP) is 2.25. The molecule has 132 valence electrons. The number of hydrogen-bond acceptors (Lipinski definition) is 4. The molecule has 0 radical (unpaired) electrons. The molecular formula is C18H32N2O3. The molecule has 0 N–H and O–H groups in total. The maximum absolute atomic E-state index is 12.5. The quantitative estimate of drug-likeness (QED) is 0.778. The van der Waals surface area contributed by atoms with Crippen molar-refractivity contribution < 1.29 is 14.3 Å². The molecule has 0 unspecified atom stereocenters. The molecule has 2 saturated heterocycles. The summed E-state index contributed by atoms with van der Waals surface area (Å²) in [6.45, 7) is 6.25. The SMILES string of the molecule is O=C(C1CCCCC1)N1CCN(CCO[C@H]2CCCCO2)CC1. The van der Waals surface area contributed by atoms with Crippen LogP contribution in [0, 0.1) is 5.92 Å². The molecule has 1 atom stereocenters. The molecule has 3 rings (SSSR count). The Hall–Kier alpha value is -0.650. The van der Waals surface area contributed by atoms with Crippen LogP contribution in [0.3, 0.4) is 0 Å². The van der Waals surface area contributed by atoms with E-state index in [1.807, 2.05) is 0 Å². The summed E-state index contributed by atoms with van der Waals surface area (Å²) in [6.07, 6.45) is 9.41. The van der Waals surface area contributed by atoms with Gasteiger partial charge < -0.3 is 14.4 Å². The highest BCUT2D eigenvalue weighted by Gasteiger charge is 2.28. The summed E-state index contributed by atoms with van der Waals surface area (Å²) < 4.78 is 11.4. The zero-order valence-electron chi connectivity index (χ0n) is 14.4. The molecule has 5 nitrogen and oxygen atoms in total. The monoisotopic (exact) mass is 324 g/mol. The van der Waals surface area contributed by atoms with Crippen molar-refractivity contribution in [3.63, 3.8) is 0 Å². The molecule has 23 heavy (non-hydrogen) atoms. The van der Waals surface area contributed by atoms with Gasteiger partial charge in [0.2, 0.25) is 5.91 Å². The van der Waals surface area contributed by atoms with E-state index in [9.17, 15) is 4.79 Å². The minimum Gasteiger partial charge on any atom is -0.353 e. The van der Waals surface area contributed by atoms with Crippen molar-refractivity contribution in [3.05, 3.63) is 0 Å². The third-order valence-electron chi connectivity index (χ3n) is 5.49. The number of hydrogen-bond donors (Lipinski definition) is 0. The minimum atomic E-state index is 0.0120. The molecule has 1 saturated carbocycles. The lowest BCUT2D eigenvalue weighted by Crippen LogP contribution is -2.51. The number of amides is 1. The Morgan fingerprint density at radius 2 is 1.70 bits per heavy atom. The van der Waals surface area contributed by atoms with Crippen molar-refractivity contribution in [2.45, 2.75) is 57.7 Å². The van der Waals surface area contributed by atoms with Gasteiger partial charge in [0.1, 0.15) is 0 Å². The van der Waals surface area contributed by atoms with Crippen molar-refractivity contribution in [1.82, 2.24) is 9.80 Å². The number of piperazine rings is 1. The van der Waals surface area contributed by atoms with Crippen molar-refractivity contribution >= 4 is 5.91 Å². The zero-order chi connectivity index (χ0) is 15.9.